The maximum Gasteiger partial charge on any atom is 0.0323 e. The molecule has 0 aromatic heterocycles. The van der Waals surface area contributed by atoms with E-state index in [1.165, 1.54) is 35.6 Å². The molecule has 2 fully saturated rings. The first kappa shape index (κ1) is 10.6. The Morgan fingerprint density at radius 3 is 2.39 bits per heavy atom. The molecule has 0 saturated heterocycles. The van der Waals surface area contributed by atoms with Crippen molar-refractivity contribution < 1.29 is 0 Å². The minimum atomic E-state index is 0.238. The number of hydrogen-bond acceptors (Lipinski definition) is 1. The lowest BCUT2D eigenvalue weighted by atomic mass is 9.89. The zero-order chi connectivity index (χ0) is 12.1. The summed E-state index contributed by atoms with van der Waals surface area (Å²) in [6, 6.07) is 15.5. The van der Waals surface area contributed by atoms with Crippen LogP contribution < -0.4 is 5.73 Å². The van der Waals surface area contributed by atoms with Crippen molar-refractivity contribution in [2.24, 2.45) is 23.5 Å². The smallest absolute Gasteiger partial charge is 0.0323 e. The van der Waals surface area contributed by atoms with Gasteiger partial charge in [0.1, 0.15) is 0 Å². The van der Waals surface area contributed by atoms with Crippen LogP contribution in [0, 0.1) is 17.8 Å². The van der Waals surface area contributed by atoms with E-state index in [1.54, 1.807) is 0 Å². The first-order chi connectivity index (χ1) is 8.81. The summed E-state index contributed by atoms with van der Waals surface area (Å²) in [5, 5.41) is 2.62. The van der Waals surface area contributed by atoms with Crippen molar-refractivity contribution >= 4 is 10.8 Å². The van der Waals surface area contributed by atoms with Crippen LogP contribution in [-0.4, -0.2) is 0 Å². The van der Waals surface area contributed by atoms with Gasteiger partial charge in [-0.05, 0) is 59.4 Å². The van der Waals surface area contributed by atoms with Crippen LogP contribution in [0.1, 0.15) is 30.9 Å². The Balaban J connectivity index is 1.65. The monoisotopic (exact) mass is 237 g/mol. The largest absolute Gasteiger partial charge is 0.324 e. The Morgan fingerprint density at radius 1 is 0.889 bits per heavy atom. The molecule has 92 valence electrons. The molecular formula is C17H19N. The standard InChI is InChI=1S/C17H19N/c18-17(16-9-14-8-15(14)10-16)13-6-5-11-3-1-2-4-12(11)7-13/h1-7,14-17H,8-10,18H2. The van der Waals surface area contributed by atoms with E-state index >= 15 is 0 Å². The van der Waals surface area contributed by atoms with Crippen LogP contribution in [0.25, 0.3) is 10.8 Å². The van der Waals surface area contributed by atoms with Crippen molar-refractivity contribution in [1.82, 2.24) is 0 Å². The van der Waals surface area contributed by atoms with Gasteiger partial charge in [-0.3, -0.25) is 0 Å². The van der Waals surface area contributed by atoms with Crippen molar-refractivity contribution in [3.05, 3.63) is 48.0 Å². The number of rotatable bonds is 2. The Bertz CT molecular complexity index is 579. The highest BCUT2D eigenvalue weighted by Crippen LogP contribution is 2.56. The molecule has 0 aliphatic heterocycles. The normalized spacial score (nSPS) is 31.3. The molecule has 0 spiro atoms. The number of hydrogen-bond donors (Lipinski definition) is 1. The highest BCUT2D eigenvalue weighted by atomic mass is 14.7. The average molecular weight is 237 g/mol. The first-order valence-electron chi connectivity index (χ1n) is 7.05. The highest BCUT2D eigenvalue weighted by Gasteiger charge is 2.47. The zero-order valence-electron chi connectivity index (χ0n) is 10.5. The Labute approximate surface area is 108 Å². The van der Waals surface area contributed by atoms with E-state index in [9.17, 15) is 0 Å². The van der Waals surface area contributed by atoms with Crippen molar-refractivity contribution in [2.45, 2.75) is 25.3 Å². The van der Waals surface area contributed by atoms with Gasteiger partial charge in [0.15, 0.2) is 0 Å². The lowest BCUT2D eigenvalue weighted by Gasteiger charge is -2.21. The van der Waals surface area contributed by atoms with E-state index in [1.807, 2.05) is 0 Å². The quantitative estimate of drug-likeness (QED) is 0.842. The maximum absolute atomic E-state index is 6.47. The number of fused-ring (bicyclic) bond motifs is 2. The van der Waals surface area contributed by atoms with E-state index in [0.717, 1.165) is 17.8 Å². The first-order valence-corrected chi connectivity index (χ1v) is 7.05. The van der Waals surface area contributed by atoms with Gasteiger partial charge in [0, 0.05) is 6.04 Å². The molecule has 0 radical (unpaired) electrons. The molecular weight excluding hydrogens is 218 g/mol. The highest BCUT2D eigenvalue weighted by molar-refractivity contribution is 5.83. The second-order valence-corrected chi connectivity index (χ2v) is 6.12. The predicted molar refractivity (Wildman–Crippen MR) is 75.2 cm³/mol. The van der Waals surface area contributed by atoms with Gasteiger partial charge < -0.3 is 5.73 Å². The zero-order valence-corrected chi connectivity index (χ0v) is 10.5. The minimum absolute atomic E-state index is 0.238. The fourth-order valence-electron chi connectivity index (χ4n) is 3.74. The van der Waals surface area contributed by atoms with Gasteiger partial charge in [-0.15, -0.1) is 0 Å². The average Bonchev–Trinajstić information content (AvgIpc) is 3.04. The molecule has 0 amide bonds. The van der Waals surface area contributed by atoms with Crippen LogP contribution >= 0.6 is 0 Å². The summed E-state index contributed by atoms with van der Waals surface area (Å²) in [6.07, 6.45) is 4.19. The van der Waals surface area contributed by atoms with E-state index in [4.69, 9.17) is 5.73 Å². The third-order valence-electron chi connectivity index (χ3n) is 4.95. The molecule has 2 aliphatic rings. The Kier molecular flexibility index (Phi) is 2.25. The van der Waals surface area contributed by atoms with Crippen molar-refractivity contribution in [3.63, 3.8) is 0 Å². The van der Waals surface area contributed by atoms with Crippen LogP contribution in [-0.2, 0) is 0 Å². The van der Waals surface area contributed by atoms with E-state index in [2.05, 4.69) is 42.5 Å². The molecule has 4 rings (SSSR count). The van der Waals surface area contributed by atoms with E-state index < -0.39 is 0 Å². The summed E-state index contributed by atoms with van der Waals surface area (Å²) < 4.78 is 0. The molecule has 0 bridgehead atoms. The SMILES string of the molecule is NC(c1ccc2ccccc2c1)C1CC2CC2C1. The van der Waals surface area contributed by atoms with Crippen LogP contribution in [0.15, 0.2) is 42.5 Å². The fraction of sp³-hybridized carbons (Fsp3) is 0.412. The van der Waals surface area contributed by atoms with Gasteiger partial charge in [0.2, 0.25) is 0 Å². The summed E-state index contributed by atoms with van der Waals surface area (Å²) in [5.74, 6) is 2.75. The number of benzene rings is 2. The van der Waals surface area contributed by atoms with Crippen LogP contribution in [0.4, 0.5) is 0 Å². The van der Waals surface area contributed by atoms with Crippen molar-refractivity contribution in [3.8, 4) is 0 Å². The topological polar surface area (TPSA) is 26.0 Å². The fourth-order valence-corrected chi connectivity index (χ4v) is 3.74. The van der Waals surface area contributed by atoms with E-state index in [0.29, 0.717) is 0 Å². The van der Waals surface area contributed by atoms with Gasteiger partial charge in [0.05, 0.1) is 0 Å². The van der Waals surface area contributed by atoms with E-state index in [-0.39, 0.29) is 6.04 Å². The molecule has 18 heavy (non-hydrogen) atoms. The van der Waals surface area contributed by atoms with Gasteiger partial charge in [0.25, 0.3) is 0 Å². The second-order valence-electron chi connectivity index (χ2n) is 6.12. The third-order valence-corrected chi connectivity index (χ3v) is 4.95. The molecule has 2 aromatic rings. The maximum atomic E-state index is 6.47. The molecule has 2 aromatic carbocycles. The predicted octanol–water partition coefficient (Wildman–Crippen LogP) is 3.89. The molecule has 2 saturated carbocycles. The molecule has 2 N–H and O–H groups in total. The van der Waals surface area contributed by atoms with Gasteiger partial charge in [-0.25, -0.2) is 0 Å². The summed E-state index contributed by atoms with van der Waals surface area (Å²) in [7, 11) is 0. The summed E-state index contributed by atoms with van der Waals surface area (Å²) in [6.45, 7) is 0. The lowest BCUT2D eigenvalue weighted by molar-refractivity contribution is 0.404. The van der Waals surface area contributed by atoms with Crippen molar-refractivity contribution in [2.75, 3.05) is 0 Å². The van der Waals surface area contributed by atoms with Crippen molar-refractivity contribution in [1.29, 1.82) is 0 Å². The van der Waals surface area contributed by atoms with Gasteiger partial charge in [-0.1, -0.05) is 36.4 Å². The van der Waals surface area contributed by atoms with Crippen LogP contribution in [0.5, 0.6) is 0 Å². The van der Waals surface area contributed by atoms with Crippen LogP contribution in [0.3, 0.4) is 0 Å². The second kappa shape index (κ2) is 3.83. The van der Waals surface area contributed by atoms with Gasteiger partial charge >= 0.3 is 0 Å². The Hall–Kier alpha value is -1.34. The molecule has 3 unspecified atom stereocenters. The summed E-state index contributed by atoms with van der Waals surface area (Å²) in [5.41, 5.74) is 7.79. The molecule has 2 aliphatic carbocycles. The molecule has 3 atom stereocenters. The summed E-state index contributed by atoms with van der Waals surface area (Å²) in [4.78, 5) is 0. The van der Waals surface area contributed by atoms with Gasteiger partial charge in [-0.2, -0.15) is 0 Å². The Morgan fingerprint density at radius 2 is 1.61 bits per heavy atom. The lowest BCUT2D eigenvalue weighted by Crippen LogP contribution is -2.20. The molecule has 1 nitrogen and oxygen atoms in total. The third kappa shape index (κ3) is 1.65. The minimum Gasteiger partial charge on any atom is -0.324 e. The molecule has 0 heterocycles. The molecule has 1 heteroatoms. The van der Waals surface area contributed by atoms with Crippen LogP contribution in [0.2, 0.25) is 0 Å². The summed E-state index contributed by atoms with van der Waals surface area (Å²) >= 11 is 0. The number of nitrogens with two attached hydrogens (primary N) is 1.